The van der Waals surface area contributed by atoms with E-state index in [1.54, 1.807) is 31.3 Å². The van der Waals surface area contributed by atoms with Crippen LogP contribution in [0, 0.1) is 5.82 Å². The number of nitrogens with one attached hydrogen (secondary N) is 1. The van der Waals surface area contributed by atoms with Crippen LogP contribution in [0.5, 0.6) is 0 Å². The largest absolute Gasteiger partial charge is 0.313 e. The normalized spacial score (nSPS) is 11.2. The molecule has 0 atom stereocenters. The first-order valence-electron chi connectivity index (χ1n) is 6.84. The van der Waals surface area contributed by atoms with E-state index in [0.717, 1.165) is 6.29 Å². The molecule has 0 aromatic heterocycles. The highest BCUT2D eigenvalue weighted by Gasteiger charge is 2.12. The minimum Gasteiger partial charge on any atom is -0.313 e. The first-order chi connectivity index (χ1) is 11.1. The van der Waals surface area contributed by atoms with Crippen molar-refractivity contribution in [2.45, 2.75) is 11.3 Å². The maximum Gasteiger partial charge on any atom is 0.153 e. The summed E-state index contributed by atoms with van der Waals surface area (Å²) in [6.45, 7) is 0. The molecule has 2 rings (SSSR count). The van der Waals surface area contributed by atoms with Crippen LogP contribution in [-0.2, 0) is 6.42 Å². The van der Waals surface area contributed by atoms with Gasteiger partial charge in [-0.25, -0.2) is 4.39 Å². The molecule has 0 fully saturated rings. The van der Waals surface area contributed by atoms with Crippen molar-refractivity contribution >= 4 is 30.9 Å². The second kappa shape index (κ2) is 7.69. The van der Waals surface area contributed by atoms with Gasteiger partial charge in [-0.2, -0.15) is 5.10 Å². The molecule has 0 aliphatic carbocycles. The maximum absolute atomic E-state index is 13.4. The number of thiol groups is 1. The number of carbonyl (C=O) groups is 2. The van der Waals surface area contributed by atoms with Crippen molar-refractivity contribution in [3.63, 3.8) is 0 Å². The summed E-state index contributed by atoms with van der Waals surface area (Å²) in [4.78, 5) is 22.8. The van der Waals surface area contributed by atoms with Crippen molar-refractivity contribution in [3.05, 3.63) is 64.5 Å². The summed E-state index contributed by atoms with van der Waals surface area (Å²) in [5.41, 5.74) is 5.11. The second-order valence-electron chi connectivity index (χ2n) is 4.82. The van der Waals surface area contributed by atoms with Gasteiger partial charge in [0.15, 0.2) is 12.6 Å². The van der Waals surface area contributed by atoms with Crippen LogP contribution in [0.25, 0.3) is 0 Å². The minimum absolute atomic E-state index is 0.00938. The molecule has 0 aliphatic rings. The van der Waals surface area contributed by atoms with Gasteiger partial charge in [-0.15, -0.1) is 12.6 Å². The molecule has 0 saturated heterocycles. The number of carbonyl (C=O) groups excluding carboxylic acids is 2. The van der Waals surface area contributed by atoms with Crippen LogP contribution < -0.4 is 5.43 Å². The fourth-order valence-corrected chi connectivity index (χ4v) is 2.42. The number of aldehydes is 2. The third kappa shape index (κ3) is 4.04. The third-order valence-electron chi connectivity index (χ3n) is 3.28. The van der Waals surface area contributed by atoms with Gasteiger partial charge in [0.2, 0.25) is 0 Å². The Balaban J connectivity index is 2.45. The quantitative estimate of drug-likeness (QED) is 0.371. The Morgan fingerprint density at radius 2 is 1.91 bits per heavy atom. The SMILES string of the molecule is CN/N=C(/Cc1ccc(F)c(C=O)c1)c1cc(S)ccc1C=O. The van der Waals surface area contributed by atoms with E-state index in [1.807, 2.05) is 0 Å². The van der Waals surface area contributed by atoms with E-state index in [1.165, 1.54) is 12.1 Å². The monoisotopic (exact) mass is 330 g/mol. The highest BCUT2D eigenvalue weighted by atomic mass is 32.1. The van der Waals surface area contributed by atoms with Crippen LogP contribution in [-0.4, -0.2) is 25.3 Å². The van der Waals surface area contributed by atoms with E-state index in [4.69, 9.17) is 0 Å². The highest BCUT2D eigenvalue weighted by molar-refractivity contribution is 7.80. The van der Waals surface area contributed by atoms with Crippen LogP contribution in [0.3, 0.4) is 0 Å². The Bertz CT molecular complexity index is 775. The van der Waals surface area contributed by atoms with Crippen LogP contribution in [0.1, 0.15) is 31.8 Å². The van der Waals surface area contributed by atoms with Gasteiger partial charge in [-0.05, 0) is 35.9 Å². The number of hydrogen-bond donors (Lipinski definition) is 2. The molecule has 118 valence electrons. The molecular formula is C17H15FN2O2S. The first-order valence-corrected chi connectivity index (χ1v) is 7.29. The minimum atomic E-state index is -0.568. The number of hydrazone groups is 1. The van der Waals surface area contributed by atoms with Crippen LogP contribution in [0.4, 0.5) is 4.39 Å². The van der Waals surface area contributed by atoms with Crippen molar-refractivity contribution in [2.24, 2.45) is 5.10 Å². The lowest BCUT2D eigenvalue weighted by Gasteiger charge is -2.11. The molecule has 0 heterocycles. The maximum atomic E-state index is 13.4. The van der Waals surface area contributed by atoms with Gasteiger partial charge in [0.05, 0.1) is 11.3 Å². The lowest BCUT2D eigenvalue weighted by molar-refractivity contribution is 0.111. The van der Waals surface area contributed by atoms with Crippen molar-refractivity contribution < 1.29 is 14.0 Å². The van der Waals surface area contributed by atoms with Crippen molar-refractivity contribution in [2.75, 3.05) is 7.05 Å². The van der Waals surface area contributed by atoms with E-state index in [-0.39, 0.29) is 5.56 Å². The van der Waals surface area contributed by atoms with E-state index in [2.05, 4.69) is 23.2 Å². The van der Waals surface area contributed by atoms with E-state index >= 15 is 0 Å². The highest BCUT2D eigenvalue weighted by Crippen LogP contribution is 2.18. The zero-order chi connectivity index (χ0) is 16.8. The van der Waals surface area contributed by atoms with Crippen LogP contribution in [0.15, 0.2) is 46.4 Å². The van der Waals surface area contributed by atoms with E-state index < -0.39 is 5.82 Å². The molecule has 2 aromatic carbocycles. The van der Waals surface area contributed by atoms with Gasteiger partial charge in [0, 0.05) is 29.5 Å². The van der Waals surface area contributed by atoms with Gasteiger partial charge in [0.1, 0.15) is 5.82 Å². The number of rotatable bonds is 6. The summed E-state index contributed by atoms with van der Waals surface area (Å²) < 4.78 is 13.4. The summed E-state index contributed by atoms with van der Waals surface area (Å²) in [5.74, 6) is -0.568. The molecule has 0 aliphatic heterocycles. The van der Waals surface area contributed by atoms with E-state index in [0.29, 0.717) is 40.0 Å². The van der Waals surface area contributed by atoms with Crippen LogP contribution in [0.2, 0.25) is 0 Å². The predicted octanol–water partition coefficient (Wildman–Crippen LogP) is 2.91. The fraction of sp³-hybridized carbons (Fsp3) is 0.118. The standard InChI is InChI=1S/C17H15FN2O2S/c1-19-20-17(15-8-14(23)4-3-12(15)9-21)7-11-2-5-16(18)13(6-11)10-22/h2-6,8-10,19,23H,7H2,1H3/b20-17-. The summed E-state index contributed by atoms with van der Waals surface area (Å²) in [5, 5.41) is 4.21. The number of nitrogens with zero attached hydrogens (tertiary/aromatic N) is 1. The van der Waals surface area contributed by atoms with Gasteiger partial charge < -0.3 is 5.43 Å². The Morgan fingerprint density at radius 3 is 2.57 bits per heavy atom. The van der Waals surface area contributed by atoms with Crippen molar-refractivity contribution in [1.82, 2.24) is 5.43 Å². The molecule has 0 spiro atoms. The summed E-state index contributed by atoms with van der Waals surface area (Å²) in [7, 11) is 1.65. The Kier molecular flexibility index (Phi) is 5.65. The molecule has 1 N–H and O–H groups in total. The van der Waals surface area contributed by atoms with Gasteiger partial charge >= 0.3 is 0 Å². The molecule has 2 aromatic rings. The fourth-order valence-electron chi connectivity index (χ4n) is 2.21. The first kappa shape index (κ1) is 16.9. The molecular weight excluding hydrogens is 315 g/mol. The number of halogens is 1. The lowest BCUT2D eigenvalue weighted by Crippen LogP contribution is -2.13. The molecule has 4 nitrogen and oxygen atoms in total. The number of hydrogen-bond acceptors (Lipinski definition) is 5. The summed E-state index contributed by atoms with van der Waals surface area (Å²) in [6, 6.07) is 9.42. The van der Waals surface area contributed by atoms with Gasteiger partial charge in [0.25, 0.3) is 0 Å². The van der Waals surface area contributed by atoms with Gasteiger partial charge in [-0.3, -0.25) is 9.59 Å². The van der Waals surface area contributed by atoms with Crippen molar-refractivity contribution in [1.29, 1.82) is 0 Å². The Morgan fingerprint density at radius 1 is 1.17 bits per heavy atom. The smallest absolute Gasteiger partial charge is 0.153 e. The molecule has 0 bridgehead atoms. The molecule has 0 radical (unpaired) electrons. The Labute approximate surface area is 138 Å². The zero-order valence-corrected chi connectivity index (χ0v) is 13.3. The third-order valence-corrected chi connectivity index (χ3v) is 3.56. The molecule has 6 heteroatoms. The average molecular weight is 330 g/mol. The summed E-state index contributed by atoms with van der Waals surface area (Å²) >= 11 is 4.29. The topological polar surface area (TPSA) is 58.5 Å². The zero-order valence-electron chi connectivity index (χ0n) is 12.4. The molecule has 0 amide bonds. The Hall–Kier alpha value is -2.47. The van der Waals surface area contributed by atoms with Crippen molar-refractivity contribution in [3.8, 4) is 0 Å². The molecule has 0 unspecified atom stereocenters. The summed E-state index contributed by atoms with van der Waals surface area (Å²) in [6.07, 6.45) is 1.55. The molecule has 0 saturated carbocycles. The van der Waals surface area contributed by atoms with Crippen LogP contribution >= 0.6 is 12.6 Å². The second-order valence-corrected chi connectivity index (χ2v) is 5.34. The van der Waals surface area contributed by atoms with Gasteiger partial charge in [-0.1, -0.05) is 6.07 Å². The van der Waals surface area contributed by atoms with E-state index in [9.17, 15) is 14.0 Å². The average Bonchev–Trinajstić information content (AvgIpc) is 2.56. The molecule has 23 heavy (non-hydrogen) atoms. The predicted molar refractivity (Wildman–Crippen MR) is 90.2 cm³/mol. The lowest BCUT2D eigenvalue weighted by atomic mass is 9.97. The number of benzene rings is 2.